The Morgan fingerprint density at radius 3 is 2.54 bits per heavy atom. The fourth-order valence-corrected chi connectivity index (χ4v) is 2.62. The van der Waals surface area contributed by atoms with Crippen LogP contribution in [0.25, 0.3) is 0 Å². The number of aryl methyl sites for hydroxylation is 1. The highest BCUT2D eigenvalue weighted by Crippen LogP contribution is 2.30. The van der Waals surface area contributed by atoms with E-state index in [1.807, 2.05) is 13.0 Å². The summed E-state index contributed by atoms with van der Waals surface area (Å²) in [6, 6.07) is 9.45. The van der Waals surface area contributed by atoms with Crippen molar-refractivity contribution < 1.29 is 23.9 Å². The maximum absolute atomic E-state index is 12.5. The topological polar surface area (TPSA) is 99.9 Å². The zero-order chi connectivity index (χ0) is 20.7. The lowest BCUT2D eigenvalue weighted by atomic mass is 10.1. The van der Waals surface area contributed by atoms with Gasteiger partial charge in [0, 0.05) is 24.3 Å². The molecule has 1 amide bonds. The van der Waals surface area contributed by atoms with Crippen LogP contribution in [0.5, 0.6) is 11.5 Å². The molecule has 2 aromatic rings. The van der Waals surface area contributed by atoms with Gasteiger partial charge in [-0.1, -0.05) is 12.1 Å². The number of nitro benzene ring substituents is 1. The molecule has 0 saturated heterocycles. The Morgan fingerprint density at radius 2 is 1.89 bits per heavy atom. The van der Waals surface area contributed by atoms with Crippen LogP contribution in [0.2, 0.25) is 0 Å². The molecular weight excluding hydrogens is 364 g/mol. The van der Waals surface area contributed by atoms with E-state index in [9.17, 15) is 14.9 Å². The zero-order valence-corrected chi connectivity index (χ0v) is 16.4. The van der Waals surface area contributed by atoms with Gasteiger partial charge in [0.2, 0.25) is 0 Å². The van der Waals surface area contributed by atoms with Gasteiger partial charge in [0.15, 0.2) is 11.5 Å². The van der Waals surface area contributed by atoms with Crippen LogP contribution in [0.3, 0.4) is 0 Å². The summed E-state index contributed by atoms with van der Waals surface area (Å²) in [7, 11) is 3.13. The molecule has 2 rings (SSSR count). The van der Waals surface area contributed by atoms with Crippen LogP contribution >= 0.6 is 0 Å². The van der Waals surface area contributed by atoms with Crippen molar-refractivity contribution in [3.05, 3.63) is 63.2 Å². The fourth-order valence-electron chi connectivity index (χ4n) is 2.62. The van der Waals surface area contributed by atoms with Crippen molar-refractivity contribution in [3.63, 3.8) is 0 Å². The van der Waals surface area contributed by atoms with Crippen LogP contribution in [0.4, 0.5) is 5.69 Å². The lowest BCUT2D eigenvalue weighted by molar-refractivity contribution is -0.385. The molecule has 0 bridgehead atoms. The largest absolute Gasteiger partial charge is 0.493 e. The quantitative estimate of drug-likeness (QED) is 0.401. The van der Waals surface area contributed by atoms with Gasteiger partial charge < -0.3 is 19.5 Å². The van der Waals surface area contributed by atoms with E-state index in [1.54, 1.807) is 38.3 Å². The summed E-state index contributed by atoms with van der Waals surface area (Å²) in [6.45, 7) is 4.30. The standard InChI is InChI=1S/C20H24N2O6/c1-13-5-6-16(11-17(13)22(24)25)20(23)21-14(2)15-7-8-18(19(12-15)27-4)28-10-9-26-3/h5-8,11-12,14H,9-10H2,1-4H3,(H,21,23). The van der Waals surface area contributed by atoms with Crippen LogP contribution in [0.15, 0.2) is 36.4 Å². The minimum atomic E-state index is -0.497. The lowest BCUT2D eigenvalue weighted by Crippen LogP contribution is -2.26. The van der Waals surface area contributed by atoms with Gasteiger partial charge in [0.1, 0.15) is 6.61 Å². The molecule has 0 aromatic heterocycles. The maximum Gasteiger partial charge on any atom is 0.273 e. The number of hydrogen-bond acceptors (Lipinski definition) is 6. The molecule has 0 radical (unpaired) electrons. The second-order valence-corrected chi connectivity index (χ2v) is 6.21. The number of ether oxygens (including phenoxy) is 3. The molecule has 0 fully saturated rings. The number of benzene rings is 2. The molecule has 0 aliphatic heterocycles. The molecule has 0 heterocycles. The van der Waals surface area contributed by atoms with Crippen LogP contribution in [-0.2, 0) is 4.74 Å². The first-order valence-electron chi connectivity index (χ1n) is 8.73. The average Bonchev–Trinajstić information content (AvgIpc) is 2.68. The second-order valence-electron chi connectivity index (χ2n) is 6.21. The third-order valence-electron chi connectivity index (χ3n) is 4.25. The number of hydrogen-bond donors (Lipinski definition) is 1. The van der Waals surface area contributed by atoms with Crippen LogP contribution < -0.4 is 14.8 Å². The first kappa shape index (κ1) is 21.2. The normalized spacial score (nSPS) is 11.6. The molecule has 0 spiro atoms. The summed E-state index contributed by atoms with van der Waals surface area (Å²) in [5.41, 5.74) is 1.46. The molecule has 0 aliphatic carbocycles. The molecule has 1 unspecified atom stereocenters. The number of rotatable bonds is 9. The van der Waals surface area contributed by atoms with Crippen molar-refractivity contribution in [3.8, 4) is 11.5 Å². The molecule has 8 heteroatoms. The predicted octanol–water partition coefficient (Wildman–Crippen LogP) is 3.43. The van der Waals surface area contributed by atoms with Crippen molar-refractivity contribution in [2.75, 3.05) is 27.4 Å². The van der Waals surface area contributed by atoms with Gasteiger partial charge in [-0.05, 0) is 37.6 Å². The highest BCUT2D eigenvalue weighted by Gasteiger charge is 2.18. The average molecular weight is 388 g/mol. The monoisotopic (exact) mass is 388 g/mol. The Bertz CT molecular complexity index is 853. The SMILES string of the molecule is COCCOc1ccc(C(C)NC(=O)c2ccc(C)c([N+](=O)[O-])c2)cc1OC. The molecule has 0 aliphatic rings. The number of nitrogens with one attached hydrogen (secondary N) is 1. The first-order chi connectivity index (χ1) is 13.4. The van der Waals surface area contributed by atoms with Crippen LogP contribution in [0, 0.1) is 17.0 Å². The second kappa shape index (κ2) is 9.70. The lowest BCUT2D eigenvalue weighted by Gasteiger charge is -2.17. The van der Waals surface area contributed by atoms with Gasteiger partial charge in [-0.2, -0.15) is 0 Å². The Labute approximate surface area is 163 Å². The summed E-state index contributed by atoms with van der Waals surface area (Å²) < 4.78 is 15.9. The van der Waals surface area contributed by atoms with Gasteiger partial charge in [0.25, 0.3) is 11.6 Å². The molecule has 2 aromatic carbocycles. The van der Waals surface area contributed by atoms with Crippen molar-refractivity contribution in [2.24, 2.45) is 0 Å². The highest BCUT2D eigenvalue weighted by atomic mass is 16.6. The third kappa shape index (κ3) is 5.20. The van der Waals surface area contributed by atoms with E-state index in [4.69, 9.17) is 14.2 Å². The van der Waals surface area contributed by atoms with Crippen LogP contribution in [-0.4, -0.2) is 38.3 Å². The number of amides is 1. The number of nitro groups is 1. The van der Waals surface area contributed by atoms with Crippen LogP contribution in [0.1, 0.15) is 34.5 Å². The fraction of sp³-hybridized carbons (Fsp3) is 0.350. The maximum atomic E-state index is 12.5. The predicted molar refractivity (Wildman–Crippen MR) is 104 cm³/mol. The van der Waals surface area contributed by atoms with E-state index in [0.717, 1.165) is 5.56 Å². The minimum absolute atomic E-state index is 0.0838. The molecule has 28 heavy (non-hydrogen) atoms. The first-order valence-corrected chi connectivity index (χ1v) is 8.73. The summed E-state index contributed by atoms with van der Waals surface area (Å²) in [5, 5.41) is 13.9. The number of carbonyl (C=O) groups is 1. The Balaban J connectivity index is 2.13. The smallest absolute Gasteiger partial charge is 0.273 e. The number of nitrogens with zero attached hydrogens (tertiary/aromatic N) is 1. The Morgan fingerprint density at radius 1 is 1.14 bits per heavy atom. The van der Waals surface area contributed by atoms with Crippen molar-refractivity contribution in [2.45, 2.75) is 19.9 Å². The Hall–Kier alpha value is -3.13. The molecular formula is C20H24N2O6. The third-order valence-corrected chi connectivity index (χ3v) is 4.25. The van der Waals surface area contributed by atoms with E-state index >= 15 is 0 Å². The van der Waals surface area contributed by atoms with Crippen molar-refractivity contribution in [1.82, 2.24) is 5.32 Å². The van der Waals surface area contributed by atoms with E-state index in [2.05, 4.69) is 5.32 Å². The van der Waals surface area contributed by atoms with E-state index < -0.39 is 10.8 Å². The molecule has 150 valence electrons. The van der Waals surface area contributed by atoms with E-state index in [1.165, 1.54) is 13.2 Å². The number of methoxy groups -OCH3 is 2. The van der Waals surface area contributed by atoms with Gasteiger partial charge in [-0.25, -0.2) is 0 Å². The summed E-state index contributed by atoms with van der Waals surface area (Å²) in [5.74, 6) is 0.728. The van der Waals surface area contributed by atoms with Gasteiger partial charge in [-0.3, -0.25) is 14.9 Å². The molecule has 8 nitrogen and oxygen atoms in total. The summed E-state index contributed by atoms with van der Waals surface area (Å²) >= 11 is 0. The zero-order valence-electron chi connectivity index (χ0n) is 16.4. The molecule has 1 N–H and O–H groups in total. The summed E-state index contributed by atoms with van der Waals surface area (Å²) in [4.78, 5) is 23.1. The van der Waals surface area contributed by atoms with Gasteiger partial charge in [0.05, 0.1) is 24.7 Å². The Kier molecular flexibility index (Phi) is 7.34. The van der Waals surface area contributed by atoms with Crippen molar-refractivity contribution >= 4 is 11.6 Å². The van der Waals surface area contributed by atoms with Gasteiger partial charge in [-0.15, -0.1) is 0 Å². The number of carbonyl (C=O) groups excluding carboxylic acids is 1. The molecule has 1 atom stereocenters. The van der Waals surface area contributed by atoms with Gasteiger partial charge >= 0.3 is 0 Å². The molecule has 0 saturated carbocycles. The highest BCUT2D eigenvalue weighted by molar-refractivity contribution is 5.95. The van der Waals surface area contributed by atoms with Crippen molar-refractivity contribution in [1.29, 1.82) is 0 Å². The van der Waals surface area contributed by atoms with E-state index in [0.29, 0.717) is 30.3 Å². The summed E-state index contributed by atoms with van der Waals surface area (Å²) in [6.07, 6.45) is 0. The minimum Gasteiger partial charge on any atom is -0.493 e. The van der Waals surface area contributed by atoms with E-state index in [-0.39, 0.29) is 17.3 Å².